The molecule has 2 aliphatic rings. The molecule has 0 bridgehead atoms. The van der Waals surface area contributed by atoms with E-state index in [0.29, 0.717) is 5.92 Å². The Morgan fingerprint density at radius 3 is 3.06 bits per heavy atom. The highest BCUT2D eigenvalue weighted by Crippen LogP contribution is 2.48. The second kappa shape index (κ2) is 4.43. The van der Waals surface area contributed by atoms with Gasteiger partial charge in [-0.2, -0.15) is 0 Å². The van der Waals surface area contributed by atoms with Crippen molar-refractivity contribution in [2.45, 2.75) is 31.3 Å². The van der Waals surface area contributed by atoms with Crippen LogP contribution in [0.15, 0.2) is 18.2 Å². The lowest BCUT2D eigenvalue weighted by Crippen LogP contribution is -2.42. The van der Waals surface area contributed by atoms with Gasteiger partial charge in [0.25, 0.3) is 0 Å². The number of fused-ring (bicyclic) bond motifs is 1. The second-order valence-corrected chi connectivity index (χ2v) is 6.38. The first kappa shape index (κ1) is 12.3. The van der Waals surface area contributed by atoms with Gasteiger partial charge >= 0.3 is 0 Å². The van der Waals surface area contributed by atoms with Crippen molar-refractivity contribution in [3.63, 3.8) is 0 Å². The van der Waals surface area contributed by atoms with Crippen LogP contribution in [0, 0.1) is 5.92 Å². The Bertz CT molecular complexity index is 460. The van der Waals surface area contributed by atoms with Gasteiger partial charge in [-0.15, -0.1) is 0 Å². The van der Waals surface area contributed by atoms with Gasteiger partial charge in [-0.3, -0.25) is 0 Å². The molecule has 18 heavy (non-hydrogen) atoms. The first-order valence-corrected chi connectivity index (χ1v) is 7.09. The minimum atomic E-state index is 0.0390. The van der Waals surface area contributed by atoms with Crippen molar-refractivity contribution in [1.82, 2.24) is 4.90 Å². The molecule has 1 saturated carbocycles. The maximum absolute atomic E-state index is 6.34. The minimum absolute atomic E-state index is 0.0390. The van der Waals surface area contributed by atoms with Crippen LogP contribution in [0.5, 0.6) is 5.75 Å². The summed E-state index contributed by atoms with van der Waals surface area (Å²) in [6.45, 7) is 1.11. The van der Waals surface area contributed by atoms with Gasteiger partial charge in [-0.25, -0.2) is 0 Å². The van der Waals surface area contributed by atoms with Crippen molar-refractivity contribution in [2.24, 2.45) is 5.92 Å². The number of nitrogens with zero attached hydrogens (tertiary/aromatic N) is 1. The molecule has 3 heteroatoms. The lowest BCUT2D eigenvalue weighted by molar-refractivity contribution is 0.0408. The third kappa shape index (κ3) is 2.02. The summed E-state index contributed by atoms with van der Waals surface area (Å²) in [7, 11) is 4.29. The summed E-state index contributed by atoms with van der Waals surface area (Å²) in [6.07, 6.45) is 4.76. The van der Waals surface area contributed by atoms with Gasteiger partial charge in [0, 0.05) is 23.9 Å². The molecule has 1 aromatic rings. The molecule has 1 aromatic carbocycles. The summed E-state index contributed by atoms with van der Waals surface area (Å²) in [6, 6.07) is 6.02. The molecule has 1 fully saturated rings. The quantitative estimate of drug-likeness (QED) is 0.813. The number of halogens is 1. The smallest absolute Gasteiger partial charge is 0.123 e. The average Bonchev–Trinajstić information content (AvgIpc) is 2.83. The van der Waals surface area contributed by atoms with Gasteiger partial charge < -0.3 is 9.64 Å². The highest BCUT2D eigenvalue weighted by Gasteiger charge is 2.48. The molecular weight excluding hydrogens is 246 g/mol. The fourth-order valence-electron chi connectivity index (χ4n) is 3.54. The van der Waals surface area contributed by atoms with E-state index in [1.54, 1.807) is 0 Å². The van der Waals surface area contributed by atoms with Gasteiger partial charge in [-0.1, -0.05) is 11.6 Å². The van der Waals surface area contributed by atoms with Crippen molar-refractivity contribution in [2.75, 3.05) is 20.6 Å². The first-order chi connectivity index (χ1) is 8.59. The first-order valence-electron chi connectivity index (χ1n) is 6.71. The van der Waals surface area contributed by atoms with Crippen molar-refractivity contribution in [3.8, 4) is 5.75 Å². The topological polar surface area (TPSA) is 12.5 Å². The van der Waals surface area contributed by atoms with Crippen LogP contribution in [0.3, 0.4) is 0 Å². The van der Waals surface area contributed by atoms with Gasteiger partial charge in [0.05, 0.1) is 0 Å². The number of hydrogen-bond acceptors (Lipinski definition) is 2. The summed E-state index contributed by atoms with van der Waals surface area (Å²) in [5.41, 5.74) is 1.32. The molecule has 0 aromatic heterocycles. The summed E-state index contributed by atoms with van der Waals surface area (Å²) in [5.74, 6) is 1.68. The Kier molecular flexibility index (Phi) is 3.03. The van der Waals surface area contributed by atoms with Crippen LogP contribution >= 0.6 is 11.6 Å². The molecule has 0 N–H and O–H groups in total. The Hall–Kier alpha value is -0.730. The third-order valence-electron chi connectivity index (χ3n) is 4.31. The fraction of sp³-hybridized carbons (Fsp3) is 0.600. The third-order valence-corrected chi connectivity index (χ3v) is 4.54. The zero-order valence-electron chi connectivity index (χ0n) is 11.1. The van der Waals surface area contributed by atoms with Crippen LogP contribution in [0.2, 0.25) is 5.02 Å². The molecule has 1 spiro atoms. The van der Waals surface area contributed by atoms with E-state index in [1.807, 2.05) is 12.1 Å². The number of rotatable bonds is 2. The Balaban J connectivity index is 1.86. The molecule has 1 aliphatic heterocycles. The normalized spacial score (nSPS) is 29.9. The van der Waals surface area contributed by atoms with Crippen molar-refractivity contribution < 1.29 is 4.74 Å². The molecule has 2 atom stereocenters. The number of hydrogen-bond donors (Lipinski definition) is 0. The largest absolute Gasteiger partial charge is 0.486 e. The molecule has 1 heterocycles. The standard InChI is InChI=1S/C15H20ClNO/c1-17(2)10-12-4-3-7-15(12)9-11-8-13(16)5-6-14(11)18-15/h5-6,8,12H,3-4,7,9-10H2,1-2H3. The molecule has 98 valence electrons. The number of benzene rings is 1. The van der Waals surface area contributed by atoms with Gasteiger partial charge in [0.15, 0.2) is 0 Å². The summed E-state index contributed by atoms with van der Waals surface area (Å²) >= 11 is 6.08. The highest BCUT2D eigenvalue weighted by atomic mass is 35.5. The Morgan fingerprint density at radius 1 is 1.44 bits per heavy atom. The van der Waals surface area contributed by atoms with E-state index in [0.717, 1.165) is 23.7 Å². The Labute approximate surface area is 114 Å². The zero-order chi connectivity index (χ0) is 12.8. The van der Waals surface area contributed by atoms with E-state index >= 15 is 0 Å². The van der Waals surface area contributed by atoms with Crippen molar-refractivity contribution in [3.05, 3.63) is 28.8 Å². The Morgan fingerprint density at radius 2 is 2.28 bits per heavy atom. The van der Waals surface area contributed by atoms with Crippen molar-refractivity contribution >= 4 is 11.6 Å². The molecular formula is C15H20ClNO. The van der Waals surface area contributed by atoms with Crippen LogP contribution in [-0.4, -0.2) is 31.1 Å². The molecule has 2 nitrogen and oxygen atoms in total. The minimum Gasteiger partial charge on any atom is -0.486 e. The SMILES string of the molecule is CN(C)CC1CCCC12Cc1cc(Cl)ccc1O2. The molecule has 1 aliphatic carbocycles. The molecule has 0 radical (unpaired) electrons. The van der Waals surface area contributed by atoms with Crippen molar-refractivity contribution in [1.29, 1.82) is 0 Å². The van der Waals surface area contributed by atoms with Crippen LogP contribution < -0.4 is 4.74 Å². The maximum atomic E-state index is 6.34. The van der Waals surface area contributed by atoms with E-state index in [-0.39, 0.29) is 5.60 Å². The summed E-state index contributed by atoms with van der Waals surface area (Å²) in [5, 5.41) is 0.816. The van der Waals surface area contributed by atoms with E-state index in [2.05, 4.69) is 25.1 Å². The van der Waals surface area contributed by atoms with E-state index in [1.165, 1.54) is 24.8 Å². The van der Waals surface area contributed by atoms with E-state index in [9.17, 15) is 0 Å². The molecule has 0 saturated heterocycles. The zero-order valence-corrected chi connectivity index (χ0v) is 11.8. The maximum Gasteiger partial charge on any atom is 0.123 e. The second-order valence-electron chi connectivity index (χ2n) is 5.95. The van der Waals surface area contributed by atoms with Crippen LogP contribution in [0.1, 0.15) is 24.8 Å². The van der Waals surface area contributed by atoms with E-state index < -0.39 is 0 Å². The molecule has 0 amide bonds. The summed E-state index contributed by atoms with van der Waals surface area (Å²) < 4.78 is 6.34. The molecule has 3 rings (SSSR count). The predicted octanol–water partition coefficient (Wildman–Crippen LogP) is 3.38. The van der Waals surface area contributed by atoms with Gasteiger partial charge in [-0.05, 0) is 57.1 Å². The predicted molar refractivity (Wildman–Crippen MR) is 74.4 cm³/mol. The fourth-order valence-corrected chi connectivity index (χ4v) is 3.74. The molecule has 2 unspecified atom stereocenters. The number of ether oxygens (including phenoxy) is 1. The highest BCUT2D eigenvalue weighted by molar-refractivity contribution is 6.30. The lowest BCUT2D eigenvalue weighted by atomic mass is 9.86. The summed E-state index contributed by atoms with van der Waals surface area (Å²) in [4.78, 5) is 2.27. The van der Waals surface area contributed by atoms with Crippen LogP contribution in [0.25, 0.3) is 0 Å². The lowest BCUT2D eigenvalue weighted by Gasteiger charge is -2.32. The van der Waals surface area contributed by atoms with Gasteiger partial charge in [0.2, 0.25) is 0 Å². The van der Waals surface area contributed by atoms with Crippen LogP contribution in [-0.2, 0) is 6.42 Å². The monoisotopic (exact) mass is 265 g/mol. The van der Waals surface area contributed by atoms with Crippen LogP contribution in [0.4, 0.5) is 0 Å². The average molecular weight is 266 g/mol. The van der Waals surface area contributed by atoms with Gasteiger partial charge in [0.1, 0.15) is 11.4 Å². The van der Waals surface area contributed by atoms with E-state index in [4.69, 9.17) is 16.3 Å².